The van der Waals surface area contributed by atoms with Crippen molar-refractivity contribution in [1.29, 1.82) is 0 Å². The van der Waals surface area contributed by atoms with Crippen molar-refractivity contribution in [3.8, 4) is 11.1 Å². The van der Waals surface area contributed by atoms with Gasteiger partial charge in [0.1, 0.15) is 11.4 Å². The maximum Gasteiger partial charge on any atom is 0.410 e. The van der Waals surface area contributed by atoms with Crippen molar-refractivity contribution in [1.82, 2.24) is 9.80 Å². The third-order valence-electron chi connectivity index (χ3n) is 6.72. The Morgan fingerprint density at radius 2 is 1.75 bits per heavy atom. The van der Waals surface area contributed by atoms with E-state index in [2.05, 4.69) is 0 Å². The van der Waals surface area contributed by atoms with Crippen LogP contribution in [0.5, 0.6) is 0 Å². The molecular weight excluding hydrogens is 404 g/mol. The molecule has 32 heavy (non-hydrogen) atoms. The summed E-state index contributed by atoms with van der Waals surface area (Å²) in [5.74, 6) is 0.565. The number of nitrogens with zero attached hydrogens (tertiary/aromatic N) is 3. The molecule has 3 aliphatic rings. The van der Waals surface area contributed by atoms with Gasteiger partial charge in [-0.05, 0) is 67.5 Å². The molecule has 5 rings (SSSR count). The fraction of sp³-hybridized carbons (Fsp3) is 0.400. The van der Waals surface area contributed by atoms with Crippen LogP contribution in [0.2, 0.25) is 0 Å². The van der Waals surface area contributed by atoms with E-state index >= 15 is 0 Å². The van der Waals surface area contributed by atoms with Gasteiger partial charge in [0, 0.05) is 18.7 Å². The van der Waals surface area contributed by atoms with Gasteiger partial charge in [0.2, 0.25) is 0 Å². The SMILES string of the molecule is CCOC(=O)N1Cc2ccc(-c3ccc(C(=O)N4CCCC4)cc3)cc2N=C(N)C12CC2. The fourth-order valence-corrected chi connectivity index (χ4v) is 4.67. The van der Waals surface area contributed by atoms with E-state index in [0.29, 0.717) is 24.6 Å². The highest BCUT2D eigenvalue weighted by atomic mass is 16.6. The maximum absolute atomic E-state index is 12.6. The zero-order chi connectivity index (χ0) is 22.3. The molecule has 2 amide bonds. The van der Waals surface area contributed by atoms with Crippen molar-refractivity contribution in [2.45, 2.75) is 44.7 Å². The number of amides is 2. The van der Waals surface area contributed by atoms with Crippen LogP contribution in [0.1, 0.15) is 48.5 Å². The monoisotopic (exact) mass is 432 g/mol. The number of nitrogens with two attached hydrogens (primary N) is 1. The second-order valence-electron chi connectivity index (χ2n) is 8.73. The van der Waals surface area contributed by atoms with Crippen LogP contribution in [-0.2, 0) is 11.3 Å². The van der Waals surface area contributed by atoms with Gasteiger partial charge in [0.25, 0.3) is 5.91 Å². The number of hydrogen-bond acceptors (Lipinski definition) is 5. The summed E-state index contributed by atoms with van der Waals surface area (Å²) in [5.41, 5.74) is 10.3. The Hall–Kier alpha value is -3.35. The van der Waals surface area contributed by atoms with Crippen LogP contribution in [0.15, 0.2) is 47.5 Å². The predicted molar refractivity (Wildman–Crippen MR) is 123 cm³/mol. The summed E-state index contributed by atoms with van der Waals surface area (Å²) in [7, 11) is 0. The van der Waals surface area contributed by atoms with Crippen LogP contribution in [0.4, 0.5) is 10.5 Å². The highest BCUT2D eigenvalue weighted by molar-refractivity contribution is 5.98. The summed E-state index contributed by atoms with van der Waals surface area (Å²) in [6, 6.07) is 13.8. The Balaban J connectivity index is 1.42. The molecule has 1 saturated carbocycles. The van der Waals surface area contributed by atoms with Gasteiger partial charge in [0.15, 0.2) is 0 Å². The molecule has 0 radical (unpaired) electrons. The van der Waals surface area contributed by atoms with Crippen LogP contribution in [-0.4, -0.2) is 52.9 Å². The lowest BCUT2D eigenvalue weighted by atomic mass is 10.0. The highest BCUT2D eigenvalue weighted by Gasteiger charge is 2.55. The molecule has 1 saturated heterocycles. The van der Waals surface area contributed by atoms with E-state index in [-0.39, 0.29) is 12.0 Å². The summed E-state index contributed by atoms with van der Waals surface area (Å²) in [4.78, 5) is 33.6. The Kier molecular flexibility index (Phi) is 5.12. The van der Waals surface area contributed by atoms with Crippen molar-refractivity contribution in [2.75, 3.05) is 19.7 Å². The Morgan fingerprint density at radius 3 is 2.41 bits per heavy atom. The molecule has 1 spiro atoms. The molecule has 2 aliphatic heterocycles. The van der Waals surface area contributed by atoms with Crippen molar-refractivity contribution in [3.05, 3.63) is 53.6 Å². The number of rotatable bonds is 3. The van der Waals surface area contributed by atoms with Crippen LogP contribution in [0.3, 0.4) is 0 Å². The summed E-state index contributed by atoms with van der Waals surface area (Å²) >= 11 is 0. The van der Waals surface area contributed by atoms with Crippen LogP contribution in [0.25, 0.3) is 11.1 Å². The summed E-state index contributed by atoms with van der Waals surface area (Å²) in [6.45, 7) is 4.23. The first-order chi connectivity index (χ1) is 15.5. The Bertz CT molecular complexity index is 1080. The number of likely N-dealkylation sites (tertiary alicyclic amines) is 1. The number of carbonyl (C=O) groups excluding carboxylic acids is 2. The molecule has 7 nitrogen and oxygen atoms in total. The largest absolute Gasteiger partial charge is 0.450 e. The number of ether oxygens (including phenoxy) is 1. The average Bonchev–Trinajstić information content (AvgIpc) is 3.45. The Labute approximate surface area is 187 Å². The molecule has 0 bridgehead atoms. The second-order valence-corrected chi connectivity index (χ2v) is 8.73. The number of carbonyl (C=O) groups is 2. The molecule has 1 aliphatic carbocycles. The molecule has 2 N–H and O–H groups in total. The van der Waals surface area contributed by atoms with Gasteiger partial charge < -0.3 is 15.4 Å². The molecule has 2 aromatic rings. The molecule has 2 aromatic carbocycles. The Morgan fingerprint density at radius 1 is 1.06 bits per heavy atom. The van der Waals surface area contributed by atoms with Crippen LogP contribution >= 0.6 is 0 Å². The van der Waals surface area contributed by atoms with Crippen molar-refractivity contribution in [3.63, 3.8) is 0 Å². The lowest BCUT2D eigenvalue weighted by molar-refractivity contribution is 0.0792. The van der Waals surface area contributed by atoms with E-state index in [1.54, 1.807) is 11.8 Å². The topological polar surface area (TPSA) is 88.2 Å². The van der Waals surface area contributed by atoms with Crippen molar-refractivity contribution < 1.29 is 14.3 Å². The van der Waals surface area contributed by atoms with Crippen molar-refractivity contribution in [2.24, 2.45) is 10.7 Å². The van der Waals surface area contributed by atoms with Gasteiger partial charge in [-0.2, -0.15) is 0 Å². The van der Waals surface area contributed by atoms with Crippen LogP contribution < -0.4 is 5.73 Å². The number of hydrogen-bond donors (Lipinski definition) is 1. The van der Waals surface area contributed by atoms with Gasteiger partial charge in [0.05, 0.1) is 18.8 Å². The first-order valence-corrected chi connectivity index (χ1v) is 11.3. The minimum absolute atomic E-state index is 0.0992. The lowest BCUT2D eigenvalue weighted by Crippen LogP contribution is -2.49. The third-order valence-corrected chi connectivity index (χ3v) is 6.72. The fourth-order valence-electron chi connectivity index (χ4n) is 4.67. The molecule has 2 heterocycles. The summed E-state index contributed by atoms with van der Waals surface area (Å²) in [6.07, 6.45) is 3.41. The van der Waals surface area contributed by atoms with E-state index in [1.165, 1.54) is 0 Å². The molecular formula is C25H28N4O3. The van der Waals surface area contributed by atoms with E-state index in [9.17, 15) is 9.59 Å². The average molecular weight is 433 g/mol. The van der Waals surface area contributed by atoms with E-state index in [0.717, 1.165) is 61.2 Å². The number of benzene rings is 2. The van der Waals surface area contributed by atoms with Gasteiger partial charge in [-0.3, -0.25) is 9.69 Å². The molecule has 7 heteroatoms. The number of fused-ring (bicyclic) bond motifs is 1. The second kappa shape index (κ2) is 7.97. The zero-order valence-corrected chi connectivity index (χ0v) is 18.3. The van der Waals surface area contributed by atoms with Gasteiger partial charge in [-0.15, -0.1) is 0 Å². The minimum atomic E-state index is -0.525. The van der Waals surface area contributed by atoms with Gasteiger partial charge >= 0.3 is 6.09 Å². The molecule has 0 atom stereocenters. The third kappa shape index (κ3) is 3.51. The molecule has 0 unspecified atom stereocenters. The maximum atomic E-state index is 12.6. The van der Waals surface area contributed by atoms with E-state index in [4.69, 9.17) is 15.5 Å². The number of amidine groups is 1. The lowest BCUT2D eigenvalue weighted by Gasteiger charge is -2.29. The molecule has 166 valence electrons. The zero-order valence-electron chi connectivity index (χ0n) is 18.3. The van der Waals surface area contributed by atoms with Crippen LogP contribution in [0, 0.1) is 0 Å². The summed E-state index contributed by atoms with van der Waals surface area (Å²) < 4.78 is 5.28. The molecule has 2 fully saturated rings. The van der Waals surface area contributed by atoms with Crippen molar-refractivity contribution >= 4 is 23.5 Å². The first-order valence-electron chi connectivity index (χ1n) is 11.3. The highest BCUT2D eigenvalue weighted by Crippen LogP contribution is 2.46. The van der Waals surface area contributed by atoms with E-state index < -0.39 is 5.54 Å². The predicted octanol–water partition coefficient (Wildman–Crippen LogP) is 4.08. The van der Waals surface area contributed by atoms with Gasteiger partial charge in [-0.1, -0.05) is 24.3 Å². The van der Waals surface area contributed by atoms with Gasteiger partial charge in [-0.25, -0.2) is 9.79 Å². The number of aliphatic imine (C=N–C) groups is 1. The minimum Gasteiger partial charge on any atom is -0.450 e. The quantitative estimate of drug-likeness (QED) is 0.791. The first kappa shape index (κ1) is 20.5. The summed E-state index contributed by atoms with van der Waals surface area (Å²) in [5, 5.41) is 0. The smallest absolute Gasteiger partial charge is 0.410 e. The van der Waals surface area contributed by atoms with E-state index in [1.807, 2.05) is 47.4 Å². The normalized spacial score (nSPS) is 18.7. The molecule has 0 aromatic heterocycles. The standard InChI is InChI=1S/C25H28N4O3/c1-2-32-24(31)29-16-20-10-9-19(15-21(20)27-23(26)25(29)11-12-25)17-5-7-18(8-6-17)22(30)28-13-3-4-14-28/h5-10,15H,2-4,11-14,16H2,1H3,(H2,26,27).